The highest BCUT2D eigenvalue weighted by Crippen LogP contribution is 2.34. The Labute approximate surface area is 198 Å². The van der Waals surface area contributed by atoms with Crippen molar-refractivity contribution in [3.63, 3.8) is 0 Å². The van der Waals surface area contributed by atoms with Crippen LogP contribution in [0.1, 0.15) is 22.4 Å². The molecule has 0 saturated carbocycles. The zero-order valence-electron chi connectivity index (χ0n) is 18.8. The number of alkyl halides is 3. The van der Waals surface area contributed by atoms with Crippen LogP contribution in [0.5, 0.6) is 5.75 Å². The highest BCUT2D eigenvalue weighted by Gasteiger charge is 2.33. The number of halogens is 3. The number of carbonyl (C=O) groups is 1. The van der Waals surface area contributed by atoms with E-state index in [1.165, 1.54) is 28.7 Å². The van der Waals surface area contributed by atoms with E-state index in [4.69, 9.17) is 4.74 Å². The van der Waals surface area contributed by atoms with E-state index >= 15 is 0 Å². The molecule has 4 aromatic rings. The summed E-state index contributed by atoms with van der Waals surface area (Å²) in [6.07, 6.45) is -2.95. The number of para-hydroxylation sites is 1. The molecule has 2 amide bonds. The zero-order chi connectivity index (χ0) is 25.2. The maximum Gasteiger partial charge on any atom is 0.418 e. The lowest BCUT2D eigenvalue weighted by Gasteiger charge is -2.15. The van der Waals surface area contributed by atoms with Crippen molar-refractivity contribution >= 4 is 23.1 Å². The van der Waals surface area contributed by atoms with E-state index in [1.54, 1.807) is 37.4 Å². The fourth-order valence-corrected chi connectivity index (χ4v) is 3.44. The van der Waals surface area contributed by atoms with Gasteiger partial charge in [0.15, 0.2) is 0 Å². The molecule has 35 heavy (non-hydrogen) atoms. The van der Waals surface area contributed by atoms with Crippen LogP contribution in [0.4, 0.5) is 29.3 Å². The Kier molecular flexibility index (Phi) is 6.46. The van der Waals surface area contributed by atoms with Crippen molar-refractivity contribution in [2.24, 2.45) is 0 Å². The summed E-state index contributed by atoms with van der Waals surface area (Å²) in [4.78, 5) is 29.1. The van der Waals surface area contributed by atoms with Crippen LogP contribution >= 0.6 is 0 Å². The Morgan fingerprint density at radius 2 is 1.80 bits per heavy atom. The molecule has 0 spiro atoms. The number of anilines is 2. The van der Waals surface area contributed by atoms with Crippen LogP contribution in [-0.2, 0) is 12.8 Å². The van der Waals surface area contributed by atoms with Crippen LogP contribution in [0, 0.1) is 13.8 Å². The maximum absolute atomic E-state index is 13.2. The number of ether oxygens (including phenoxy) is 1. The molecule has 2 aromatic carbocycles. The Hall–Kier alpha value is -4.34. The van der Waals surface area contributed by atoms with Gasteiger partial charge in [0.2, 0.25) is 0 Å². The Balaban J connectivity index is 1.47. The van der Waals surface area contributed by atoms with E-state index in [1.807, 2.05) is 13.0 Å². The molecule has 0 fully saturated rings. The number of rotatable bonds is 5. The van der Waals surface area contributed by atoms with Crippen LogP contribution in [0.3, 0.4) is 0 Å². The number of amides is 2. The van der Waals surface area contributed by atoms with Crippen molar-refractivity contribution in [1.29, 1.82) is 0 Å². The van der Waals surface area contributed by atoms with E-state index in [-0.39, 0.29) is 17.9 Å². The topological polar surface area (TPSA) is 84.7 Å². The first-order valence-corrected chi connectivity index (χ1v) is 10.6. The third-order valence-corrected chi connectivity index (χ3v) is 5.18. The van der Waals surface area contributed by atoms with Crippen LogP contribution in [0.25, 0.3) is 5.65 Å². The van der Waals surface area contributed by atoms with Gasteiger partial charge in [-0.25, -0.2) is 9.78 Å². The number of hydrogen-bond donors (Lipinski definition) is 2. The second kappa shape index (κ2) is 9.49. The monoisotopic (exact) mass is 482 g/mol. The van der Waals surface area contributed by atoms with Crippen molar-refractivity contribution in [3.05, 3.63) is 99.6 Å². The van der Waals surface area contributed by atoms with Gasteiger partial charge < -0.3 is 15.4 Å². The number of benzene rings is 2. The summed E-state index contributed by atoms with van der Waals surface area (Å²) in [6.45, 7) is 3.70. The zero-order valence-corrected chi connectivity index (χ0v) is 18.8. The first kappa shape index (κ1) is 23.8. The molecule has 0 atom stereocenters. The van der Waals surface area contributed by atoms with E-state index in [2.05, 4.69) is 15.6 Å². The summed E-state index contributed by atoms with van der Waals surface area (Å²) in [5, 5.41) is 4.74. The minimum absolute atomic E-state index is 0.00906. The van der Waals surface area contributed by atoms with E-state index in [9.17, 15) is 22.8 Å². The minimum atomic E-state index is -4.60. The average molecular weight is 482 g/mol. The summed E-state index contributed by atoms with van der Waals surface area (Å²) in [6, 6.07) is 13.7. The number of pyridine rings is 1. The van der Waals surface area contributed by atoms with Crippen molar-refractivity contribution in [1.82, 2.24) is 9.38 Å². The predicted octanol–water partition coefficient (Wildman–Crippen LogP) is 5.55. The lowest BCUT2D eigenvalue weighted by Crippen LogP contribution is -2.22. The second-order valence-corrected chi connectivity index (χ2v) is 7.91. The molecule has 0 aliphatic heterocycles. The Morgan fingerprint density at radius 1 is 1.03 bits per heavy atom. The molecule has 2 aromatic heterocycles. The predicted molar refractivity (Wildman–Crippen MR) is 126 cm³/mol. The van der Waals surface area contributed by atoms with Crippen LogP contribution in [-0.4, -0.2) is 15.4 Å². The standard InChI is InChI=1S/C25H21F3N4O3/c1-15-9-10-32-22(11-15)29-18(13-23(32)33)14-35-21-12-17(8-7-16(21)2)30-24(34)31-20-6-4-3-5-19(20)25(26,27)28/h3-13H,14H2,1-2H3,(H2,30,31,34). The van der Waals surface area contributed by atoms with E-state index in [0.29, 0.717) is 22.8 Å². The number of urea groups is 1. The molecular formula is C25H21F3N4O3. The van der Waals surface area contributed by atoms with Crippen LogP contribution < -0.4 is 20.9 Å². The number of aryl methyl sites for hydroxylation is 2. The van der Waals surface area contributed by atoms with E-state index in [0.717, 1.165) is 17.2 Å². The van der Waals surface area contributed by atoms with Gasteiger partial charge in [-0.3, -0.25) is 9.20 Å². The molecule has 2 N–H and O–H groups in total. The Bertz CT molecular complexity index is 1460. The molecule has 7 nitrogen and oxygen atoms in total. The lowest BCUT2D eigenvalue weighted by atomic mass is 10.1. The third kappa shape index (κ3) is 5.60. The molecular weight excluding hydrogens is 461 g/mol. The molecule has 2 heterocycles. The van der Waals surface area contributed by atoms with Gasteiger partial charge in [0.25, 0.3) is 5.56 Å². The van der Waals surface area contributed by atoms with Crippen LogP contribution in [0.2, 0.25) is 0 Å². The third-order valence-electron chi connectivity index (χ3n) is 5.18. The highest BCUT2D eigenvalue weighted by molar-refractivity contribution is 6.00. The summed E-state index contributed by atoms with van der Waals surface area (Å²) in [7, 11) is 0. The van der Waals surface area contributed by atoms with Gasteiger partial charge in [-0.2, -0.15) is 13.2 Å². The molecule has 0 saturated heterocycles. The fourth-order valence-electron chi connectivity index (χ4n) is 3.44. The molecule has 0 aliphatic carbocycles. The molecule has 4 rings (SSSR count). The SMILES string of the molecule is Cc1ccn2c(=O)cc(COc3cc(NC(=O)Nc4ccccc4C(F)(F)F)ccc3C)nc2c1. The molecule has 0 bridgehead atoms. The van der Waals surface area contributed by atoms with Gasteiger partial charge in [0, 0.05) is 24.0 Å². The van der Waals surface area contributed by atoms with Crippen molar-refractivity contribution in [3.8, 4) is 5.75 Å². The smallest absolute Gasteiger partial charge is 0.418 e. The largest absolute Gasteiger partial charge is 0.487 e. The molecule has 0 aliphatic rings. The summed E-state index contributed by atoms with van der Waals surface area (Å²) in [5.74, 6) is 0.421. The fraction of sp³-hybridized carbons (Fsp3) is 0.160. The van der Waals surface area contributed by atoms with Gasteiger partial charge >= 0.3 is 12.2 Å². The number of fused-ring (bicyclic) bond motifs is 1. The second-order valence-electron chi connectivity index (χ2n) is 7.91. The molecule has 0 unspecified atom stereocenters. The summed E-state index contributed by atoms with van der Waals surface area (Å²) < 4.78 is 46.8. The first-order valence-electron chi connectivity index (χ1n) is 10.6. The van der Waals surface area contributed by atoms with Crippen LogP contribution in [0.15, 0.2) is 71.7 Å². The minimum Gasteiger partial charge on any atom is -0.487 e. The highest BCUT2D eigenvalue weighted by atomic mass is 19.4. The maximum atomic E-state index is 13.2. The van der Waals surface area contributed by atoms with Crippen molar-refractivity contribution < 1.29 is 22.7 Å². The number of nitrogens with one attached hydrogen (secondary N) is 2. The summed E-state index contributed by atoms with van der Waals surface area (Å²) >= 11 is 0. The summed E-state index contributed by atoms with van der Waals surface area (Å²) in [5.41, 5.74) is 1.42. The molecule has 10 heteroatoms. The van der Waals surface area contributed by atoms with Gasteiger partial charge in [-0.15, -0.1) is 0 Å². The van der Waals surface area contributed by atoms with Gasteiger partial charge in [0.05, 0.1) is 16.9 Å². The van der Waals surface area contributed by atoms with Gasteiger partial charge in [0.1, 0.15) is 18.0 Å². The molecule has 180 valence electrons. The van der Waals surface area contributed by atoms with Crippen molar-refractivity contribution in [2.45, 2.75) is 26.6 Å². The number of carbonyl (C=O) groups excluding carboxylic acids is 1. The Morgan fingerprint density at radius 3 is 2.57 bits per heavy atom. The number of nitrogens with zero attached hydrogens (tertiary/aromatic N) is 2. The lowest BCUT2D eigenvalue weighted by molar-refractivity contribution is -0.136. The first-order chi connectivity index (χ1) is 16.6. The normalized spacial score (nSPS) is 11.3. The number of aromatic nitrogens is 2. The van der Waals surface area contributed by atoms with E-state index < -0.39 is 17.8 Å². The average Bonchev–Trinajstić information content (AvgIpc) is 2.78. The number of hydrogen-bond acceptors (Lipinski definition) is 4. The van der Waals surface area contributed by atoms with Crippen molar-refractivity contribution in [2.75, 3.05) is 10.6 Å². The molecule has 0 radical (unpaired) electrons. The quantitative estimate of drug-likeness (QED) is 0.391. The van der Waals surface area contributed by atoms with Gasteiger partial charge in [-0.05, 0) is 55.3 Å². The van der Waals surface area contributed by atoms with Gasteiger partial charge in [-0.1, -0.05) is 18.2 Å².